The van der Waals surface area contributed by atoms with Crippen molar-refractivity contribution in [3.8, 4) is 5.75 Å². The van der Waals surface area contributed by atoms with Crippen LogP contribution in [0, 0.1) is 0 Å². The Labute approximate surface area is 216 Å². The largest absolute Gasteiger partial charge is 0.420 e. The third-order valence-electron chi connectivity index (χ3n) is 5.64. The summed E-state index contributed by atoms with van der Waals surface area (Å²) in [6.07, 6.45) is 0.922. The van der Waals surface area contributed by atoms with Gasteiger partial charge in [0, 0.05) is 49.7 Å². The van der Waals surface area contributed by atoms with E-state index in [1.54, 1.807) is 66.5 Å². The van der Waals surface area contributed by atoms with E-state index in [2.05, 4.69) is 34.0 Å². The molecule has 0 bridgehead atoms. The molecular formula is C26H31ClN6O3. The van der Waals surface area contributed by atoms with Gasteiger partial charge in [-0.05, 0) is 61.6 Å². The molecule has 10 heteroatoms. The lowest BCUT2D eigenvalue weighted by atomic mass is 10.2. The van der Waals surface area contributed by atoms with Crippen LogP contribution in [0.2, 0.25) is 5.02 Å². The molecule has 3 aromatic rings. The van der Waals surface area contributed by atoms with Crippen LogP contribution in [0.4, 0.5) is 22.2 Å². The number of benzene rings is 2. The molecule has 0 aliphatic heterocycles. The van der Waals surface area contributed by atoms with Gasteiger partial charge < -0.3 is 19.9 Å². The van der Waals surface area contributed by atoms with E-state index in [9.17, 15) is 9.59 Å². The number of nitrogens with one attached hydrogen (secondary N) is 1. The van der Waals surface area contributed by atoms with Crippen LogP contribution in [0.25, 0.3) is 0 Å². The summed E-state index contributed by atoms with van der Waals surface area (Å²) in [7, 11) is 3.36. The lowest BCUT2D eigenvalue weighted by Crippen LogP contribution is -2.36. The fourth-order valence-corrected chi connectivity index (χ4v) is 3.55. The van der Waals surface area contributed by atoms with Gasteiger partial charge in [-0.3, -0.25) is 9.69 Å². The SMILES string of the molecule is CCN(CC)CCN(C)C(=O)c1ccc(Nc2nccc(N(C)C(=O)Oc3cccc(Cl)c3)n2)cc1. The number of rotatable bonds is 10. The fourth-order valence-electron chi connectivity index (χ4n) is 3.37. The molecule has 190 valence electrons. The Morgan fingerprint density at radius 2 is 1.72 bits per heavy atom. The molecular weight excluding hydrogens is 480 g/mol. The minimum absolute atomic E-state index is 0.0354. The average molecular weight is 511 g/mol. The highest BCUT2D eigenvalue weighted by Crippen LogP contribution is 2.20. The predicted octanol–water partition coefficient (Wildman–Crippen LogP) is 4.92. The normalized spacial score (nSPS) is 10.7. The van der Waals surface area contributed by atoms with Crippen molar-refractivity contribution in [3.05, 3.63) is 71.4 Å². The van der Waals surface area contributed by atoms with Crippen LogP contribution >= 0.6 is 11.6 Å². The number of likely N-dealkylation sites (N-methyl/N-ethyl adjacent to an activating group) is 2. The second-order valence-corrected chi connectivity index (χ2v) is 8.52. The first-order valence-corrected chi connectivity index (χ1v) is 12.1. The number of halogens is 1. The molecule has 0 saturated heterocycles. The van der Waals surface area contributed by atoms with Crippen LogP contribution < -0.4 is 15.0 Å². The van der Waals surface area contributed by atoms with Crippen LogP contribution in [-0.4, -0.2) is 72.0 Å². The van der Waals surface area contributed by atoms with Crippen molar-refractivity contribution < 1.29 is 14.3 Å². The Balaban J connectivity index is 1.60. The number of ether oxygens (including phenoxy) is 1. The van der Waals surface area contributed by atoms with E-state index in [0.29, 0.717) is 40.3 Å². The summed E-state index contributed by atoms with van der Waals surface area (Å²) in [5.74, 6) is 0.943. The van der Waals surface area contributed by atoms with Gasteiger partial charge in [-0.2, -0.15) is 4.98 Å². The number of hydrogen-bond acceptors (Lipinski definition) is 7. The van der Waals surface area contributed by atoms with Crippen LogP contribution in [0.1, 0.15) is 24.2 Å². The molecule has 0 saturated carbocycles. The van der Waals surface area contributed by atoms with Crippen LogP contribution in [0.15, 0.2) is 60.8 Å². The summed E-state index contributed by atoms with van der Waals surface area (Å²) < 4.78 is 5.35. The van der Waals surface area contributed by atoms with Gasteiger partial charge in [-0.25, -0.2) is 9.78 Å². The zero-order valence-electron chi connectivity index (χ0n) is 20.9. The Kier molecular flexibility index (Phi) is 9.61. The van der Waals surface area contributed by atoms with E-state index in [4.69, 9.17) is 16.3 Å². The fraction of sp³-hybridized carbons (Fsp3) is 0.308. The van der Waals surface area contributed by atoms with Gasteiger partial charge in [-0.15, -0.1) is 0 Å². The molecule has 1 N–H and O–H groups in total. The standard InChI is InChI=1S/C26H31ClN6O3/c1-5-33(6-2)17-16-31(3)24(34)19-10-12-21(13-11-19)29-25-28-15-14-23(30-25)32(4)26(35)36-22-9-7-8-20(27)18-22/h7-15,18H,5-6,16-17H2,1-4H3,(H,28,29,30). The van der Waals surface area contributed by atoms with E-state index in [1.165, 1.54) is 11.1 Å². The Morgan fingerprint density at radius 3 is 2.39 bits per heavy atom. The highest BCUT2D eigenvalue weighted by molar-refractivity contribution is 6.30. The maximum Gasteiger partial charge on any atom is 0.420 e. The van der Waals surface area contributed by atoms with Crippen LogP contribution in [0.5, 0.6) is 5.75 Å². The summed E-state index contributed by atoms with van der Waals surface area (Å²) >= 11 is 5.94. The molecule has 0 aliphatic rings. The Morgan fingerprint density at radius 1 is 1.00 bits per heavy atom. The lowest BCUT2D eigenvalue weighted by Gasteiger charge is -2.23. The van der Waals surface area contributed by atoms with Crippen molar-refractivity contribution in [1.82, 2.24) is 19.8 Å². The Hall–Kier alpha value is -3.69. The molecule has 1 heterocycles. The van der Waals surface area contributed by atoms with Gasteiger partial charge in [0.25, 0.3) is 5.91 Å². The van der Waals surface area contributed by atoms with Crippen molar-refractivity contribution in [2.75, 3.05) is 50.5 Å². The van der Waals surface area contributed by atoms with Gasteiger partial charge in [-0.1, -0.05) is 31.5 Å². The van der Waals surface area contributed by atoms with Gasteiger partial charge >= 0.3 is 6.09 Å². The van der Waals surface area contributed by atoms with E-state index in [1.807, 2.05) is 7.05 Å². The van der Waals surface area contributed by atoms with E-state index in [-0.39, 0.29) is 5.91 Å². The van der Waals surface area contributed by atoms with Crippen LogP contribution in [0.3, 0.4) is 0 Å². The van der Waals surface area contributed by atoms with E-state index in [0.717, 1.165) is 19.6 Å². The maximum atomic E-state index is 12.7. The first-order valence-electron chi connectivity index (χ1n) is 11.7. The first kappa shape index (κ1) is 26.9. The lowest BCUT2D eigenvalue weighted by molar-refractivity contribution is 0.0780. The Bertz CT molecular complexity index is 1170. The molecule has 1 aromatic heterocycles. The zero-order valence-corrected chi connectivity index (χ0v) is 21.7. The number of anilines is 3. The van der Waals surface area contributed by atoms with Gasteiger partial charge in [0.15, 0.2) is 0 Å². The number of carbonyl (C=O) groups excluding carboxylic acids is 2. The van der Waals surface area contributed by atoms with Crippen molar-refractivity contribution in [1.29, 1.82) is 0 Å². The molecule has 0 unspecified atom stereocenters. The monoisotopic (exact) mass is 510 g/mol. The maximum absolute atomic E-state index is 12.7. The number of nitrogens with zero attached hydrogens (tertiary/aromatic N) is 5. The molecule has 36 heavy (non-hydrogen) atoms. The minimum Gasteiger partial charge on any atom is -0.410 e. The summed E-state index contributed by atoms with van der Waals surface area (Å²) in [6, 6.07) is 15.3. The summed E-state index contributed by atoms with van der Waals surface area (Å²) in [5.41, 5.74) is 1.31. The van der Waals surface area contributed by atoms with Crippen molar-refractivity contribution in [2.45, 2.75) is 13.8 Å². The van der Waals surface area contributed by atoms with Crippen molar-refractivity contribution >= 4 is 41.1 Å². The third-order valence-corrected chi connectivity index (χ3v) is 5.88. The molecule has 0 radical (unpaired) electrons. The molecule has 0 atom stereocenters. The minimum atomic E-state index is -0.616. The molecule has 9 nitrogen and oxygen atoms in total. The highest BCUT2D eigenvalue weighted by Gasteiger charge is 2.16. The third kappa shape index (κ3) is 7.40. The van der Waals surface area contributed by atoms with Crippen LogP contribution in [-0.2, 0) is 0 Å². The second-order valence-electron chi connectivity index (χ2n) is 8.08. The molecule has 0 aliphatic carbocycles. The topological polar surface area (TPSA) is 90.9 Å². The number of hydrogen-bond donors (Lipinski definition) is 1. The molecule has 0 fully saturated rings. The molecule has 2 amide bonds. The summed E-state index contributed by atoms with van der Waals surface area (Å²) in [5, 5.41) is 3.56. The van der Waals surface area contributed by atoms with Gasteiger partial charge in [0.1, 0.15) is 11.6 Å². The first-order chi connectivity index (χ1) is 17.3. The molecule has 2 aromatic carbocycles. The molecule has 3 rings (SSSR count). The zero-order chi connectivity index (χ0) is 26.1. The van der Waals surface area contributed by atoms with Crippen molar-refractivity contribution in [2.24, 2.45) is 0 Å². The highest BCUT2D eigenvalue weighted by atomic mass is 35.5. The summed E-state index contributed by atoms with van der Waals surface area (Å²) in [6.45, 7) is 7.64. The van der Waals surface area contributed by atoms with Gasteiger partial charge in [0.05, 0.1) is 0 Å². The summed E-state index contributed by atoms with van der Waals surface area (Å²) in [4.78, 5) is 39.1. The van der Waals surface area contributed by atoms with Gasteiger partial charge in [0.2, 0.25) is 5.95 Å². The average Bonchev–Trinajstić information content (AvgIpc) is 2.89. The predicted molar refractivity (Wildman–Crippen MR) is 142 cm³/mol. The number of carbonyl (C=O) groups is 2. The van der Waals surface area contributed by atoms with E-state index >= 15 is 0 Å². The second kappa shape index (κ2) is 12.9. The van der Waals surface area contributed by atoms with Crippen molar-refractivity contribution in [3.63, 3.8) is 0 Å². The number of amides is 2. The van der Waals surface area contributed by atoms with E-state index < -0.39 is 6.09 Å². The molecule has 0 spiro atoms. The number of aromatic nitrogens is 2. The quantitative estimate of drug-likeness (QED) is 0.414. The smallest absolute Gasteiger partial charge is 0.410 e.